The maximum absolute atomic E-state index is 12.9. The Hall–Kier alpha value is -1.85. The number of thiophene rings is 1. The zero-order chi connectivity index (χ0) is 17.9. The number of hydrogen-bond donors (Lipinski definition) is 2. The third-order valence-electron chi connectivity index (χ3n) is 5.13. The van der Waals surface area contributed by atoms with Crippen molar-refractivity contribution < 1.29 is 9.90 Å². The Bertz CT molecular complexity index is 689. The molecule has 1 aliphatic carbocycles. The molecule has 1 aromatic heterocycles. The minimum atomic E-state index is -0.693. The summed E-state index contributed by atoms with van der Waals surface area (Å²) >= 11 is 1.65. The summed E-state index contributed by atoms with van der Waals surface area (Å²) in [5.41, 5.74) is 1.51. The molecule has 1 saturated carbocycles. The molecule has 5 heteroatoms. The van der Waals surface area contributed by atoms with Crippen molar-refractivity contribution in [3.05, 3.63) is 52.2 Å². The van der Waals surface area contributed by atoms with Crippen molar-refractivity contribution in [2.45, 2.75) is 37.2 Å². The van der Waals surface area contributed by atoms with Gasteiger partial charge in [0.1, 0.15) is 0 Å². The Labute approximate surface area is 153 Å². The molecule has 1 unspecified atom stereocenters. The van der Waals surface area contributed by atoms with Crippen LogP contribution >= 0.6 is 11.3 Å². The monoisotopic (exact) mass is 358 g/mol. The molecule has 1 amide bonds. The minimum absolute atomic E-state index is 0.0522. The molecule has 3 rings (SSSR count). The normalized spacial score (nSPS) is 17.2. The summed E-state index contributed by atoms with van der Waals surface area (Å²) in [7, 11) is 3.97. The fourth-order valence-electron chi connectivity index (χ4n) is 3.59. The first-order chi connectivity index (χ1) is 12.0. The van der Waals surface area contributed by atoms with Crippen LogP contribution in [0, 0.1) is 0 Å². The first kappa shape index (κ1) is 18.0. The van der Waals surface area contributed by atoms with E-state index in [0.29, 0.717) is 0 Å². The SMILES string of the molecule is CN(C)c1ccc(C(O)CNC(=O)C2(c3cccs3)CCCC2)cc1. The van der Waals surface area contributed by atoms with Gasteiger partial charge in [-0.2, -0.15) is 0 Å². The highest BCUT2D eigenvalue weighted by Crippen LogP contribution is 2.43. The number of amides is 1. The zero-order valence-corrected chi connectivity index (χ0v) is 15.7. The highest BCUT2D eigenvalue weighted by atomic mass is 32.1. The molecular formula is C20H26N2O2S. The van der Waals surface area contributed by atoms with Crippen LogP contribution in [-0.2, 0) is 10.2 Å². The van der Waals surface area contributed by atoms with Crippen molar-refractivity contribution in [2.75, 3.05) is 25.5 Å². The van der Waals surface area contributed by atoms with Crippen molar-refractivity contribution in [2.24, 2.45) is 0 Å². The number of nitrogens with zero attached hydrogens (tertiary/aromatic N) is 1. The van der Waals surface area contributed by atoms with Crippen LogP contribution in [0.4, 0.5) is 5.69 Å². The molecule has 1 fully saturated rings. The summed E-state index contributed by atoms with van der Waals surface area (Å²) in [6.07, 6.45) is 3.27. The fourth-order valence-corrected chi connectivity index (χ4v) is 4.57. The van der Waals surface area contributed by atoms with Crippen molar-refractivity contribution in [1.29, 1.82) is 0 Å². The van der Waals surface area contributed by atoms with Gasteiger partial charge < -0.3 is 15.3 Å². The topological polar surface area (TPSA) is 52.6 Å². The van der Waals surface area contributed by atoms with E-state index in [4.69, 9.17) is 0 Å². The third-order valence-corrected chi connectivity index (χ3v) is 6.21. The number of hydrogen-bond acceptors (Lipinski definition) is 4. The number of rotatable bonds is 6. The summed E-state index contributed by atoms with van der Waals surface area (Å²) in [5, 5.41) is 15.5. The molecule has 1 heterocycles. The number of aliphatic hydroxyl groups excluding tert-OH is 1. The summed E-state index contributed by atoms with van der Waals surface area (Å²) < 4.78 is 0. The number of anilines is 1. The van der Waals surface area contributed by atoms with Crippen LogP contribution in [0.1, 0.15) is 42.2 Å². The Morgan fingerprint density at radius 2 is 1.92 bits per heavy atom. The number of carbonyl (C=O) groups is 1. The van der Waals surface area contributed by atoms with Gasteiger partial charge in [0, 0.05) is 31.2 Å². The molecule has 1 atom stereocenters. The van der Waals surface area contributed by atoms with Crippen LogP contribution in [0.15, 0.2) is 41.8 Å². The number of aliphatic hydroxyl groups is 1. The zero-order valence-electron chi connectivity index (χ0n) is 14.9. The van der Waals surface area contributed by atoms with Gasteiger partial charge in [-0.05, 0) is 42.0 Å². The van der Waals surface area contributed by atoms with E-state index in [2.05, 4.69) is 11.4 Å². The van der Waals surface area contributed by atoms with Gasteiger partial charge in [0.25, 0.3) is 0 Å². The van der Waals surface area contributed by atoms with Gasteiger partial charge in [-0.15, -0.1) is 11.3 Å². The standard InChI is InChI=1S/C20H26N2O2S/c1-22(2)16-9-7-15(8-10-16)17(23)14-21-19(24)20(11-3-4-12-20)18-6-5-13-25-18/h5-10,13,17,23H,3-4,11-12,14H2,1-2H3,(H,21,24). The predicted octanol–water partition coefficient (Wildman–Crippen LogP) is 3.48. The highest BCUT2D eigenvalue weighted by Gasteiger charge is 2.43. The summed E-state index contributed by atoms with van der Waals surface area (Å²) in [6.45, 7) is 0.243. The van der Waals surface area contributed by atoms with Crippen LogP contribution in [0.2, 0.25) is 0 Å². The average molecular weight is 359 g/mol. The minimum Gasteiger partial charge on any atom is -0.387 e. The van der Waals surface area contributed by atoms with E-state index < -0.39 is 11.5 Å². The average Bonchev–Trinajstić information content (AvgIpc) is 3.31. The van der Waals surface area contributed by atoms with Crippen LogP contribution in [0.3, 0.4) is 0 Å². The van der Waals surface area contributed by atoms with Crippen LogP contribution in [0.25, 0.3) is 0 Å². The largest absolute Gasteiger partial charge is 0.387 e. The Balaban J connectivity index is 1.65. The molecule has 4 nitrogen and oxygen atoms in total. The molecule has 0 saturated heterocycles. The van der Waals surface area contributed by atoms with Crippen LogP contribution in [0.5, 0.6) is 0 Å². The maximum atomic E-state index is 12.9. The van der Waals surface area contributed by atoms with E-state index in [1.165, 1.54) is 0 Å². The van der Waals surface area contributed by atoms with Gasteiger partial charge >= 0.3 is 0 Å². The first-order valence-electron chi connectivity index (χ1n) is 8.80. The molecule has 0 bridgehead atoms. The van der Waals surface area contributed by atoms with Gasteiger partial charge in [0.05, 0.1) is 11.5 Å². The number of benzene rings is 1. The van der Waals surface area contributed by atoms with Crippen LogP contribution < -0.4 is 10.2 Å². The van der Waals surface area contributed by atoms with Gasteiger partial charge in [0.2, 0.25) is 5.91 Å². The summed E-state index contributed by atoms with van der Waals surface area (Å²) in [6, 6.07) is 11.9. The highest BCUT2D eigenvalue weighted by molar-refractivity contribution is 7.10. The molecule has 134 valence electrons. The molecule has 0 aliphatic heterocycles. The van der Waals surface area contributed by atoms with Gasteiger partial charge in [0.15, 0.2) is 0 Å². The third kappa shape index (κ3) is 3.72. The second kappa shape index (κ2) is 7.58. The first-order valence-corrected chi connectivity index (χ1v) is 9.68. The second-order valence-electron chi connectivity index (χ2n) is 6.98. The van der Waals surface area contributed by atoms with Crippen molar-refractivity contribution in [1.82, 2.24) is 5.32 Å². The predicted molar refractivity (Wildman–Crippen MR) is 103 cm³/mol. The van der Waals surface area contributed by atoms with Crippen molar-refractivity contribution in [3.63, 3.8) is 0 Å². The molecule has 2 aromatic rings. The van der Waals surface area contributed by atoms with Crippen molar-refractivity contribution in [3.8, 4) is 0 Å². The Kier molecular flexibility index (Phi) is 5.45. The molecule has 1 aromatic carbocycles. The van der Waals surface area contributed by atoms with E-state index >= 15 is 0 Å². The van der Waals surface area contributed by atoms with Crippen LogP contribution in [-0.4, -0.2) is 31.7 Å². The number of nitrogens with one attached hydrogen (secondary N) is 1. The number of carbonyl (C=O) groups excluding carboxylic acids is 1. The Morgan fingerprint density at radius 3 is 2.48 bits per heavy atom. The van der Waals surface area contributed by atoms with Crippen molar-refractivity contribution >= 4 is 22.9 Å². The maximum Gasteiger partial charge on any atom is 0.231 e. The molecule has 0 spiro atoms. The summed E-state index contributed by atoms with van der Waals surface area (Å²) in [5.74, 6) is 0.0522. The smallest absolute Gasteiger partial charge is 0.231 e. The van der Waals surface area contributed by atoms with E-state index in [9.17, 15) is 9.90 Å². The molecule has 25 heavy (non-hydrogen) atoms. The second-order valence-corrected chi connectivity index (χ2v) is 7.93. The molecule has 0 radical (unpaired) electrons. The van der Waals surface area contributed by atoms with E-state index in [1.807, 2.05) is 54.7 Å². The Morgan fingerprint density at radius 1 is 1.24 bits per heavy atom. The van der Waals surface area contributed by atoms with E-state index in [-0.39, 0.29) is 12.5 Å². The van der Waals surface area contributed by atoms with Gasteiger partial charge in [-0.3, -0.25) is 4.79 Å². The fraction of sp³-hybridized carbons (Fsp3) is 0.450. The molecular weight excluding hydrogens is 332 g/mol. The van der Waals surface area contributed by atoms with Gasteiger partial charge in [-0.1, -0.05) is 31.0 Å². The van der Waals surface area contributed by atoms with E-state index in [1.54, 1.807) is 11.3 Å². The quantitative estimate of drug-likeness (QED) is 0.831. The lowest BCUT2D eigenvalue weighted by Gasteiger charge is -2.27. The van der Waals surface area contributed by atoms with E-state index in [0.717, 1.165) is 41.8 Å². The lowest BCUT2D eigenvalue weighted by molar-refractivity contribution is -0.127. The lowest BCUT2D eigenvalue weighted by Crippen LogP contribution is -2.43. The molecule has 2 N–H and O–H groups in total. The lowest BCUT2D eigenvalue weighted by atomic mass is 9.83. The summed E-state index contributed by atoms with van der Waals surface area (Å²) in [4.78, 5) is 16.1. The van der Waals surface area contributed by atoms with Gasteiger partial charge in [-0.25, -0.2) is 0 Å². The molecule has 1 aliphatic rings.